The average Bonchev–Trinajstić information content (AvgIpc) is 2.22. The molecule has 0 atom stereocenters. The third-order valence-corrected chi connectivity index (χ3v) is 3.18. The zero-order valence-electron chi connectivity index (χ0n) is 9.26. The number of nitrogens with one attached hydrogen (secondary N) is 1. The number of hydrogen-bond donors (Lipinski definition) is 2. The Labute approximate surface area is 87.3 Å². The molecule has 0 aromatic heterocycles. The molecule has 3 nitrogen and oxygen atoms in total. The minimum atomic E-state index is 0.190. The van der Waals surface area contributed by atoms with Crippen molar-refractivity contribution in [2.45, 2.75) is 24.8 Å². The summed E-state index contributed by atoms with van der Waals surface area (Å²) in [6.07, 6.45) is 5.30. The van der Waals surface area contributed by atoms with Crippen molar-refractivity contribution in [3.05, 3.63) is 12.7 Å². The van der Waals surface area contributed by atoms with E-state index in [1.807, 2.05) is 6.08 Å². The van der Waals surface area contributed by atoms with Crippen molar-refractivity contribution in [3.63, 3.8) is 0 Å². The fraction of sp³-hybridized carbons (Fsp3) is 0.818. The second-order valence-electron chi connectivity index (χ2n) is 4.29. The molecule has 0 radical (unpaired) electrons. The van der Waals surface area contributed by atoms with Gasteiger partial charge >= 0.3 is 0 Å². The molecule has 14 heavy (non-hydrogen) atoms. The average molecular weight is 197 g/mol. The third kappa shape index (κ3) is 3.08. The normalized spacial score (nSPS) is 22.1. The standard InChI is InChI=1S/C11H23N3/c1-3-4-7-13-11(10-12)5-8-14(2)9-6-11/h3,13H,1,4-10,12H2,2H3. The van der Waals surface area contributed by atoms with Crippen LogP contribution in [0.2, 0.25) is 0 Å². The minimum Gasteiger partial charge on any atom is -0.329 e. The first kappa shape index (κ1) is 11.7. The molecule has 1 aliphatic rings. The molecule has 0 amide bonds. The van der Waals surface area contributed by atoms with Gasteiger partial charge in [0.25, 0.3) is 0 Å². The van der Waals surface area contributed by atoms with Gasteiger partial charge in [0.05, 0.1) is 0 Å². The monoisotopic (exact) mass is 197 g/mol. The Balaban J connectivity index is 2.37. The topological polar surface area (TPSA) is 41.3 Å². The lowest BCUT2D eigenvalue weighted by Crippen LogP contribution is -2.57. The van der Waals surface area contributed by atoms with Crippen LogP contribution < -0.4 is 11.1 Å². The molecule has 1 saturated heterocycles. The number of nitrogens with two attached hydrogens (primary N) is 1. The Morgan fingerprint density at radius 3 is 2.64 bits per heavy atom. The molecule has 0 saturated carbocycles. The van der Waals surface area contributed by atoms with Crippen LogP contribution >= 0.6 is 0 Å². The molecule has 1 aliphatic heterocycles. The summed E-state index contributed by atoms with van der Waals surface area (Å²) in [6, 6.07) is 0. The lowest BCUT2D eigenvalue weighted by molar-refractivity contribution is 0.163. The number of likely N-dealkylation sites (tertiary alicyclic amines) is 1. The van der Waals surface area contributed by atoms with Crippen LogP contribution in [0.1, 0.15) is 19.3 Å². The maximum atomic E-state index is 5.86. The molecule has 1 rings (SSSR count). The number of piperidine rings is 1. The summed E-state index contributed by atoms with van der Waals surface area (Å²) in [4.78, 5) is 2.36. The Morgan fingerprint density at radius 1 is 1.50 bits per heavy atom. The first-order valence-electron chi connectivity index (χ1n) is 5.47. The van der Waals surface area contributed by atoms with Crippen LogP contribution in [-0.4, -0.2) is 43.7 Å². The van der Waals surface area contributed by atoms with Gasteiger partial charge in [-0.3, -0.25) is 0 Å². The fourth-order valence-electron chi connectivity index (χ4n) is 1.94. The molecule has 3 N–H and O–H groups in total. The van der Waals surface area contributed by atoms with Crippen LogP contribution in [0.15, 0.2) is 12.7 Å². The highest BCUT2D eigenvalue weighted by Crippen LogP contribution is 2.20. The highest BCUT2D eigenvalue weighted by Gasteiger charge is 2.31. The summed E-state index contributed by atoms with van der Waals surface area (Å²) in [6.45, 7) is 7.78. The molecular weight excluding hydrogens is 174 g/mol. The smallest absolute Gasteiger partial charge is 0.0328 e. The molecule has 0 aliphatic carbocycles. The van der Waals surface area contributed by atoms with E-state index in [0.29, 0.717) is 0 Å². The van der Waals surface area contributed by atoms with E-state index in [9.17, 15) is 0 Å². The first-order chi connectivity index (χ1) is 6.72. The van der Waals surface area contributed by atoms with Crippen molar-refractivity contribution in [2.24, 2.45) is 5.73 Å². The van der Waals surface area contributed by atoms with Gasteiger partial charge in [0, 0.05) is 12.1 Å². The first-order valence-corrected chi connectivity index (χ1v) is 5.47. The molecule has 3 heteroatoms. The van der Waals surface area contributed by atoms with E-state index in [2.05, 4.69) is 23.8 Å². The number of hydrogen-bond acceptors (Lipinski definition) is 3. The van der Waals surface area contributed by atoms with Crippen LogP contribution in [0.4, 0.5) is 0 Å². The quantitative estimate of drug-likeness (QED) is 0.500. The predicted molar refractivity (Wildman–Crippen MR) is 61.3 cm³/mol. The van der Waals surface area contributed by atoms with Gasteiger partial charge in [-0.2, -0.15) is 0 Å². The highest BCUT2D eigenvalue weighted by atomic mass is 15.1. The van der Waals surface area contributed by atoms with Crippen molar-refractivity contribution in [2.75, 3.05) is 33.2 Å². The molecule has 82 valence electrons. The van der Waals surface area contributed by atoms with E-state index < -0.39 is 0 Å². The lowest BCUT2D eigenvalue weighted by atomic mass is 9.87. The summed E-state index contributed by atoms with van der Waals surface area (Å²) < 4.78 is 0. The van der Waals surface area contributed by atoms with E-state index in [0.717, 1.165) is 45.4 Å². The van der Waals surface area contributed by atoms with Crippen molar-refractivity contribution in [1.29, 1.82) is 0 Å². The second kappa shape index (κ2) is 5.49. The zero-order chi connectivity index (χ0) is 10.4. The lowest BCUT2D eigenvalue weighted by Gasteiger charge is -2.40. The Bertz CT molecular complexity index is 171. The zero-order valence-corrected chi connectivity index (χ0v) is 9.26. The van der Waals surface area contributed by atoms with Crippen LogP contribution in [0.25, 0.3) is 0 Å². The van der Waals surface area contributed by atoms with Gasteiger partial charge in [-0.25, -0.2) is 0 Å². The van der Waals surface area contributed by atoms with Gasteiger partial charge in [-0.1, -0.05) is 6.08 Å². The highest BCUT2D eigenvalue weighted by molar-refractivity contribution is 4.94. The van der Waals surface area contributed by atoms with E-state index in [1.165, 1.54) is 0 Å². The predicted octanol–water partition coefficient (Wildman–Crippen LogP) is 0.575. The molecule has 1 heterocycles. The minimum absolute atomic E-state index is 0.190. The maximum absolute atomic E-state index is 5.86. The SMILES string of the molecule is C=CCCNC1(CN)CCN(C)CC1. The van der Waals surface area contributed by atoms with E-state index >= 15 is 0 Å². The summed E-state index contributed by atoms with van der Waals surface area (Å²) >= 11 is 0. The summed E-state index contributed by atoms with van der Waals surface area (Å²) in [5, 5.41) is 3.58. The van der Waals surface area contributed by atoms with E-state index in [-0.39, 0.29) is 5.54 Å². The Morgan fingerprint density at radius 2 is 2.14 bits per heavy atom. The third-order valence-electron chi connectivity index (χ3n) is 3.18. The fourth-order valence-corrected chi connectivity index (χ4v) is 1.94. The van der Waals surface area contributed by atoms with Gasteiger partial charge in [-0.05, 0) is 45.9 Å². The van der Waals surface area contributed by atoms with Crippen LogP contribution in [0, 0.1) is 0 Å². The van der Waals surface area contributed by atoms with Crippen molar-refractivity contribution < 1.29 is 0 Å². The second-order valence-corrected chi connectivity index (χ2v) is 4.29. The van der Waals surface area contributed by atoms with Crippen molar-refractivity contribution >= 4 is 0 Å². The number of nitrogens with zero attached hydrogens (tertiary/aromatic N) is 1. The molecule has 0 unspecified atom stereocenters. The largest absolute Gasteiger partial charge is 0.329 e. The Kier molecular flexibility index (Phi) is 4.58. The van der Waals surface area contributed by atoms with Crippen molar-refractivity contribution in [3.8, 4) is 0 Å². The van der Waals surface area contributed by atoms with Crippen LogP contribution in [0.3, 0.4) is 0 Å². The summed E-state index contributed by atoms with van der Waals surface area (Å²) in [7, 11) is 2.17. The van der Waals surface area contributed by atoms with Gasteiger partial charge in [0.2, 0.25) is 0 Å². The van der Waals surface area contributed by atoms with Gasteiger partial charge in [0.1, 0.15) is 0 Å². The van der Waals surface area contributed by atoms with Gasteiger partial charge in [-0.15, -0.1) is 6.58 Å². The molecule has 1 fully saturated rings. The molecule has 0 aromatic carbocycles. The van der Waals surface area contributed by atoms with Crippen molar-refractivity contribution in [1.82, 2.24) is 10.2 Å². The summed E-state index contributed by atoms with van der Waals surface area (Å²) in [5.74, 6) is 0. The van der Waals surface area contributed by atoms with E-state index in [4.69, 9.17) is 5.73 Å². The van der Waals surface area contributed by atoms with Gasteiger partial charge in [0.15, 0.2) is 0 Å². The van der Waals surface area contributed by atoms with Gasteiger partial charge < -0.3 is 16.0 Å². The molecule has 0 spiro atoms. The van der Waals surface area contributed by atoms with Crippen LogP contribution in [-0.2, 0) is 0 Å². The summed E-state index contributed by atoms with van der Waals surface area (Å²) in [5.41, 5.74) is 6.05. The van der Waals surface area contributed by atoms with E-state index in [1.54, 1.807) is 0 Å². The van der Waals surface area contributed by atoms with Crippen LogP contribution in [0.5, 0.6) is 0 Å². The number of rotatable bonds is 5. The molecular formula is C11H23N3. The maximum Gasteiger partial charge on any atom is 0.0328 e. The molecule has 0 bridgehead atoms. The molecule has 0 aromatic rings. The Hall–Kier alpha value is -0.380.